The molecule has 2 aliphatic rings. The van der Waals surface area contributed by atoms with Gasteiger partial charge in [-0.1, -0.05) is 0 Å². The van der Waals surface area contributed by atoms with Gasteiger partial charge in [0, 0.05) is 37.4 Å². The van der Waals surface area contributed by atoms with E-state index in [1.54, 1.807) is 19.1 Å². The van der Waals surface area contributed by atoms with Crippen LogP contribution in [0.25, 0.3) is 11.3 Å². The van der Waals surface area contributed by atoms with Crippen LogP contribution < -0.4 is 15.4 Å². The first kappa shape index (κ1) is 23.6. The molecule has 1 saturated heterocycles. The highest BCUT2D eigenvalue weighted by molar-refractivity contribution is 6.01. The molecule has 2 atom stereocenters. The van der Waals surface area contributed by atoms with Crippen LogP contribution in [0.1, 0.15) is 41.3 Å². The van der Waals surface area contributed by atoms with E-state index in [0.29, 0.717) is 23.6 Å². The number of hydrogen-bond acceptors (Lipinski definition) is 9. The van der Waals surface area contributed by atoms with Gasteiger partial charge in [-0.3, -0.25) is 9.59 Å². The Morgan fingerprint density at radius 1 is 1.28 bits per heavy atom. The number of alkyl halides is 1. The van der Waals surface area contributed by atoms with Crippen LogP contribution in [0.3, 0.4) is 0 Å². The summed E-state index contributed by atoms with van der Waals surface area (Å²) in [4.78, 5) is 37.7. The highest BCUT2D eigenvalue weighted by atomic mass is 19.1. The minimum atomic E-state index is -1.88. The maximum atomic E-state index is 15.3. The summed E-state index contributed by atoms with van der Waals surface area (Å²) in [6, 6.07) is 8.36. The number of nitriles is 1. The van der Waals surface area contributed by atoms with Gasteiger partial charge in [-0.2, -0.15) is 5.26 Å². The number of ketones is 1. The predicted molar refractivity (Wildman–Crippen MR) is 125 cm³/mol. The van der Waals surface area contributed by atoms with Gasteiger partial charge >= 0.3 is 0 Å². The van der Waals surface area contributed by atoms with Gasteiger partial charge in [0.05, 0.1) is 17.5 Å². The lowest BCUT2D eigenvalue weighted by Gasteiger charge is -2.38. The summed E-state index contributed by atoms with van der Waals surface area (Å²) in [7, 11) is 0. The first-order chi connectivity index (χ1) is 17.4. The van der Waals surface area contributed by atoms with Crippen molar-refractivity contribution in [3.8, 4) is 23.1 Å². The van der Waals surface area contributed by atoms with Gasteiger partial charge in [0.2, 0.25) is 17.3 Å². The molecule has 1 aliphatic heterocycles. The lowest BCUT2D eigenvalue weighted by Crippen LogP contribution is -2.60. The second-order valence-corrected chi connectivity index (χ2v) is 8.86. The first-order valence-electron chi connectivity index (χ1n) is 11.6. The third-order valence-electron chi connectivity index (χ3n) is 6.29. The lowest BCUT2D eigenvalue weighted by atomic mass is 9.84. The molecule has 1 aromatic carbocycles. The number of rotatable bonds is 7. The molecule has 3 heterocycles. The van der Waals surface area contributed by atoms with E-state index in [9.17, 15) is 14.9 Å². The molecule has 1 saturated carbocycles. The zero-order chi connectivity index (χ0) is 25.3. The molecular formula is C25H23FN6O4. The molecule has 2 N–H and O–H groups in total. The molecule has 10 nitrogen and oxygen atoms in total. The normalized spacial score (nSPS) is 21.4. The van der Waals surface area contributed by atoms with Crippen LogP contribution in [0.15, 0.2) is 41.2 Å². The number of aromatic nitrogens is 3. The molecular weight excluding hydrogens is 467 g/mol. The van der Waals surface area contributed by atoms with Crippen molar-refractivity contribution >= 4 is 17.5 Å². The van der Waals surface area contributed by atoms with Gasteiger partial charge in [-0.15, -0.1) is 0 Å². The highest BCUT2D eigenvalue weighted by Gasteiger charge is 2.52. The molecule has 184 valence electrons. The molecule has 1 aliphatic carbocycles. The van der Waals surface area contributed by atoms with Crippen molar-refractivity contribution in [3.05, 3.63) is 54.0 Å². The van der Waals surface area contributed by atoms with Gasteiger partial charge in [-0.05, 0) is 37.6 Å². The zero-order valence-electron chi connectivity index (χ0n) is 19.5. The number of halogens is 1. The van der Waals surface area contributed by atoms with Crippen molar-refractivity contribution in [2.24, 2.45) is 5.92 Å². The van der Waals surface area contributed by atoms with Crippen LogP contribution in [0.5, 0.6) is 5.75 Å². The Kier molecular flexibility index (Phi) is 6.20. The van der Waals surface area contributed by atoms with E-state index in [0.717, 1.165) is 12.8 Å². The summed E-state index contributed by atoms with van der Waals surface area (Å²) in [6.07, 6.45) is 2.66. The third-order valence-corrected chi connectivity index (χ3v) is 6.29. The Bertz CT molecular complexity index is 1360. The van der Waals surface area contributed by atoms with E-state index >= 15 is 4.39 Å². The number of piperidine rings is 1. The highest BCUT2D eigenvalue weighted by Crippen LogP contribution is 2.36. The summed E-state index contributed by atoms with van der Waals surface area (Å²) in [5, 5.41) is 15.5. The van der Waals surface area contributed by atoms with Crippen molar-refractivity contribution in [2.75, 3.05) is 18.4 Å². The van der Waals surface area contributed by atoms with E-state index < -0.39 is 17.6 Å². The Morgan fingerprint density at radius 3 is 2.81 bits per heavy atom. The summed E-state index contributed by atoms with van der Waals surface area (Å²) in [6.45, 7) is 1.84. The van der Waals surface area contributed by atoms with Crippen LogP contribution in [0.2, 0.25) is 0 Å². The molecule has 0 unspecified atom stereocenters. The van der Waals surface area contributed by atoms with Gasteiger partial charge < -0.3 is 19.8 Å². The van der Waals surface area contributed by atoms with E-state index in [1.807, 2.05) is 0 Å². The number of Topliss-reactive ketones (excluding diaryl/α,β-unsaturated/α-hetero) is 1. The second-order valence-electron chi connectivity index (χ2n) is 8.86. The second kappa shape index (κ2) is 9.47. The molecule has 1 amide bonds. The zero-order valence-corrected chi connectivity index (χ0v) is 19.5. The molecule has 2 aromatic heterocycles. The van der Waals surface area contributed by atoms with Crippen LogP contribution in [0.4, 0.5) is 10.2 Å². The van der Waals surface area contributed by atoms with Gasteiger partial charge in [0.1, 0.15) is 24.0 Å². The predicted octanol–water partition coefficient (Wildman–Crippen LogP) is 2.99. The van der Waals surface area contributed by atoms with E-state index in [4.69, 9.17) is 9.15 Å². The van der Waals surface area contributed by atoms with Crippen LogP contribution in [-0.4, -0.2) is 51.5 Å². The number of aryl methyl sites for hydroxylation is 1. The van der Waals surface area contributed by atoms with E-state index in [2.05, 4.69) is 31.7 Å². The van der Waals surface area contributed by atoms with Gasteiger partial charge in [0.15, 0.2) is 17.8 Å². The lowest BCUT2D eigenvalue weighted by molar-refractivity contribution is -0.117. The smallest absolute Gasteiger partial charge is 0.246 e. The number of oxazole rings is 1. The fourth-order valence-electron chi connectivity index (χ4n) is 4.14. The Balaban J connectivity index is 1.45. The minimum Gasteiger partial charge on any atom is -0.474 e. The molecule has 0 bridgehead atoms. The number of carbonyl (C=O) groups excluding carboxylic acids is 2. The van der Waals surface area contributed by atoms with Gasteiger partial charge in [0.25, 0.3) is 0 Å². The van der Waals surface area contributed by atoms with Crippen molar-refractivity contribution in [3.63, 3.8) is 0 Å². The maximum absolute atomic E-state index is 15.3. The Morgan fingerprint density at radius 2 is 2.11 bits per heavy atom. The molecule has 11 heteroatoms. The molecule has 0 spiro atoms. The number of amides is 1. The van der Waals surface area contributed by atoms with Gasteiger partial charge in [-0.25, -0.2) is 19.3 Å². The first-order valence-corrected chi connectivity index (χ1v) is 11.6. The third kappa shape index (κ3) is 4.55. The maximum Gasteiger partial charge on any atom is 0.246 e. The van der Waals surface area contributed by atoms with Crippen molar-refractivity contribution in [2.45, 2.75) is 38.0 Å². The summed E-state index contributed by atoms with van der Waals surface area (Å²) in [5.74, 6) is -0.136. The average molecular weight is 490 g/mol. The molecule has 2 fully saturated rings. The number of anilines is 1. The van der Waals surface area contributed by atoms with Crippen molar-refractivity contribution in [1.29, 1.82) is 5.26 Å². The fourth-order valence-corrected chi connectivity index (χ4v) is 4.14. The van der Waals surface area contributed by atoms with Crippen molar-refractivity contribution in [1.82, 2.24) is 20.3 Å². The van der Waals surface area contributed by atoms with Crippen LogP contribution >= 0.6 is 0 Å². The SMILES string of the molecule is Cc1ncc(C(=O)[C@@]2(Oc3ccc(-c4cc(NC(=O)C5CC5)ncn4)cc3C#N)CCNC[C@H]2F)o1. The Labute approximate surface area is 205 Å². The molecule has 36 heavy (non-hydrogen) atoms. The molecule has 0 radical (unpaired) electrons. The largest absolute Gasteiger partial charge is 0.474 e. The molecule has 3 aromatic rings. The number of hydrogen-bond donors (Lipinski definition) is 2. The monoisotopic (exact) mass is 490 g/mol. The average Bonchev–Trinajstić information content (AvgIpc) is 3.66. The number of nitrogens with zero attached hydrogens (tertiary/aromatic N) is 4. The number of benzene rings is 1. The van der Waals surface area contributed by atoms with Crippen LogP contribution in [0, 0.1) is 24.2 Å². The quantitative estimate of drug-likeness (QED) is 0.478. The summed E-state index contributed by atoms with van der Waals surface area (Å²) < 4.78 is 26.7. The summed E-state index contributed by atoms with van der Waals surface area (Å²) >= 11 is 0. The van der Waals surface area contributed by atoms with E-state index in [1.165, 1.54) is 24.7 Å². The Hall–Kier alpha value is -4.17. The fraction of sp³-hybridized carbons (Fsp3) is 0.360. The summed E-state index contributed by atoms with van der Waals surface area (Å²) in [5.41, 5.74) is -0.732. The number of carbonyl (C=O) groups is 2. The topological polar surface area (TPSA) is 143 Å². The van der Waals surface area contributed by atoms with Crippen LogP contribution in [-0.2, 0) is 4.79 Å². The number of nitrogens with one attached hydrogen (secondary N) is 2. The standard InChI is InChI=1S/C25H23FN6O4/c1-14-29-11-20(35-14)23(33)25(6-7-28-12-21(25)26)36-19-5-4-16(8-17(19)10-27)18-9-22(31-13-30-18)32-24(34)15-2-3-15/h4-5,8-9,11,13,15,21,28H,2-3,6-7,12H2,1H3,(H,30,31,32,34)/t21-,25-/m1/s1. The number of ether oxygens (including phenoxy) is 1. The minimum absolute atomic E-state index is 0.0234. The van der Waals surface area contributed by atoms with E-state index in [-0.39, 0.29) is 47.8 Å². The van der Waals surface area contributed by atoms with Crippen molar-refractivity contribution < 1.29 is 23.1 Å². The molecule has 5 rings (SSSR count).